The van der Waals surface area contributed by atoms with Crippen molar-refractivity contribution in [2.45, 2.75) is 51.2 Å². The molecule has 2 saturated heterocycles. The molecule has 2 unspecified atom stereocenters. The van der Waals surface area contributed by atoms with Crippen LogP contribution < -0.4 is 10.6 Å². The van der Waals surface area contributed by atoms with Crippen LogP contribution in [0.15, 0.2) is 0 Å². The molecule has 0 bridgehead atoms. The normalized spacial score (nSPS) is 32.4. The minimum Gasteiger partial charge on any atom is -0.352 e. The quantitative estimate of drug-likeness (QED) is 0.631. The Balaban J connectivity index is 2.20. The lowest BCUT2D eigenvalue weighted by Crippen LogP contribution is -2.56. The van der Waals surface area contributed by atoms with Gasteiger partial charge in [-0.3, -0.25) is 14.5 Å². The monoisotopic (exact) mass is 239 g/mol. The highest BCUT2D eigenvalue weighted by Gasteiger charge is 2.49. The Hall–Kier alpha value is -1.59. The Morgan fingerprint density at radius 1 is 1.29 bits per heavy atom. The van der Waals surface area contributed by atoms with E-state index in [1.165, 1.54) is 4.90 Å². The Kier molecular flexibility index (Phi) is 2.60. The fraction of sp³-hybridized carbons (Fsp3) is 0.727. The SMILES string of the molecule is CC1NC(=O)CCC1N1C(=O)NC(C)(C)C1=O. The molecule has 2 N–H and O–H groups in total. The van der Waals surface area contributed by atoms with Crippen molar-refractivity contribution in [1.29, 1.82) is 0 Å². The van der Waals surface area contributed by atoms with Gasteiger partial charge >= 0.3 is 6.03 Å². The molecule has 2 aliphatic heterocycles. The first-order valence-electron chi connectivity index (χ1n) is 5.78. The van der Waals surface area contributed by atoms with Gasteiger partial charge in [0, 0.05) is 12.5 Å². The van der Waals surface area contributed by atoms with Gasteiger partial charge in [-0.15, -0.1) is 0 Å². The van der Waals surface area contributed by atoms with Crippen LogP contribution in [-0.2, 0) is 9.59 Å². The van der Waals surface area contributed by atoms with Crippen LogP contribution in [0, 0.1) is 0 Å². The van der Waals surface area contributed by atoms with Gasteiger partial charge in [0.25, 0.3) is 5.91 Å². The summed E-state index contributed by atoms with van der Waals surface area (Å²) in [6.45, 7) is 5.17. The van der Waals surface area contributed by atoms with Crippen LogP contribution in [0.1, 0.15) is 33.6 Å². The molecule has 0 spiro atoms. The predicted molar refractivity (Wildman–Crippen MR) is 60.1 cm³/mol. The van der Waals surface area contributed by atoms with Crippen molar-refractivity contribution in [2.75, 3.05) is 0 Å². The largest absolute Gasteiger partial charge is 0.352 e. The van der Waals surface area contributed by atoms with Gasteiger partial charge in [0.2, 0.25) is 5.91 Å². The number of imide groups is 1. The van der Waals surface area contributed by atoms with Gasteiger partial charge in [-0.25, -0.2) is 4.79 Å². The van der Waals surface area contributed by atoms with E-state index in [1.807, 2.05) is 6.92 Å². The average Bonchev–Trinajstić information content (AvgIpc) is 2.39. The summed E-state index contributed by atoms with van der Waals surface area (Å²) in [6, 6.07) is -0.810. The third-order valence-corrected chi connectivity index (χ3v) is 3.36. The number of nitrogens with zero attached hydrogens (tertiary/aromatic N) is 1. The van der Waals surface area contributed by atoms with Gasteiger partial charge in [0.05, 0.1) is 6.04 Å². The predicted octanol–water partition coefficient (Wildman–Crippen LogP) is -0.0161. The van der Waals surface area contributed by atoms with Crippen molar-refractivity contribution >= 4 is 17.8 Å². The standard InChI is InChI=1S/C11H17N3O3/c1-6-7(4-5-8(15)12-6)14-9(16)11(2,3)13-10(14)17/h6-7H,4-5H2,1-3H3,(H,12,15)(H,13,17). The lowest BCUT2D eigenvalue weighted by Gasteiger charge is -2.34. The molecule has 2 rings (SSSR count). The van der Waals surface area contributed by atoms with Crippen molar-refractivity contribution in [3.63, 3.8) is 0 Å². The number of rotatable bonds is 1. The number of hydrogen-bond acceptors (Lipinski definition) is 3. The highest BCUT2D eigenvalue weighted by atomic mass is 16.2. The van der Waals surface area contributed by atoms with Crippen LogP contribution in [0.5, 0.6) is 0 Å². The summed E-state index contributed by atoms with van der Waals surface area (Å²) in [7, 11) is 0. The molecule has 6 heteroatoms. The molecule has 0 aromatic rings. The zero-order valence-corrected chi connectivity index (χ0v) is 10.2. The van der Waals surface area contributed by atoms with Crippen LogP contribution >= 0.6 is 0 Å². The molecular weight excluding hydrogens is 222 g/mol. The van der Waals surface area contributed by atoms with E-state index in [9.17, 15) is 14.4 Å². The lowest BCUT2D eigenvalue weighted by molar-refractivity contribution is -0.135. The number of urea groups is 1. The molecule has 0 aromatic heterocycles. The van der Waals surface area contributed by atoms with E-state index in [-0.39, 0.29) is 29.9 Å². The van der Waals surface area contributed by atoms with Crippen LogP contribution in [0.2, 0.25) is 0 Å². The second-order valence-electron chi connectivity index (χ2n) is 5.19. The van der Waals surface area contributed by atoms with Gasteiger partial charge in [0.15, 0.2) is 0 Å². The molecule has 4 amide bonds. The first-order chi connectivity index (χ1) is 7.83. The maximum absolute atomic E-state index is 12.1. The van der Waals surface area contributed by atoms with E-state index in [2.05, 4.69) is 10.6 Å². The van der Waals surface area contributed by atoms with E-state index >= 15 is 0 Å². The van der Waals surface area contributed by atoms with Crippen molar-refractivity contribution in [3.05, 3.63) is 0 Å². The van der Waals surface area contributed by atoms with Gasteiger partial charge < -0.3 is 10.6 Å². The van der Waals surface area contributed by atoms with E-state index in [0.717, 1.165) is 0 Å². The molecule has 0 saturated carbocycles. The molecule has 2 heterocycles. The Bertz CT molecular complexity index is 391. The molecule has 2 atom stereocenters. The number of piperidine rings is 1. The number of hydrogen-bond donors (Lipinski definition) is 2. The van der Waals surface area contributed by atoms with Crippen LogP contribution in [0.4, 0.5) is 4.79 Å². The van der Waals surface area contributed by atoms with Crippen molar-refractivity contribution in [1.82, 2.24) is 15.5 Å². The van der Waals surface area contributed by atoms with Gasteiger partial charge in [-0.1, -0.05) is 0 Å². The summed E-state index contributed by atoms with van der Waals surface area (Å²) >= 11 is 0. The van der Waals surface area contributed by atoms with E-state index < -0.39 is 5.54 Å². The van der Waals surface area contributed by atoms with E-state index in [0.29, 0.717) is 12.8 Å². The van der Waals surface area contributed by atoms with Crippen LogP contribution in [-0.4, -0.2) is 40.4 Å². The number of amides is 4. The zero-order valence-electron chi connectivity index (χ0n) is 10.2. The van der Waals surface area contributed by atoms with Gasteiger partial charge in [-0.2, -0.15) is 0 Å². The molecule has 6 nitrogen and oxygen atoms in total. The van der Waals surface area contributed by atoms with Gasteiger partial charge in [-0.05, 0) is 27.2 Å². The molecule has 0 radical (unpaired) electrons. The van der Waals surface area contributed by atoms with Crippen LogP contribution in [0.3, 0.4) is 0 Å². The van der Waals surface area contributed by atoms with Crippen LogP contribution in [0.25, 0.3) is 0 Å². The summed E-state index contributed by atoms with van der Waals surface area (Å²) in [5.41, 5.74) is -0.849. The molecule has 17 heavy (non-hydrogen) atoms. The molecule has 94 valence electrons. The summed E-state index contributed by atoms with van der Waals surface area (Å²) in [4.78, 5) is 36.4. The highest BCUT2D eigenvalue weighted by molar-refractivity contribution is 6.07. The van der Waals surface area contributed by atoms with Gasteiger partial charge in [0.1, 0.15) is 5.54 Å². The first-order valence-corrected chi connectivity index (χ1v) is 5.78. The number of carbonyl (C=O) groups excluding carboxylic acids is 3. The molecule has 2 aliphatic rings. The number of nitrogens with one attached hydrogen (secondary N) is 2. The summed E-state index contributed by atoms with van der Waals surface area (Å²) in [5.74, 6) is -0.254. The Labute approximate surface area is 99.7 Å². The third kappa shape index (κ3) is 1.87. The Morgan fingerprint density at radius 3 is 2.41 bits per heavy atom. The average molecular weight is 239 g/mol. The zero-order chi connectivity index (χ0) is 12.8. The maximum Gasteiger partial charge on any atom is 0.325 e. The first kappa shape index (κ1) is 11.9. The minimum absolute atomic E-state index is 0.0277. The van der Waals surface area contributed by atoms with E-state index in [1.54, 1.807) is 13.8 Å². The maximum atomic E-state index is 12.1. The number of carbonyl (C=O) groups is 3. The van der Waals surface area contributed by atoms with Crippen molar-refractivity contribution in [3.8, 4) is 0 Å². The molecule has 0 aromatic carbocycles. The second kappa shape index (κ2) is 3.72. The molecular formula is C11H17N3O3. The smallest absolute Gasteiger partial charge is 0.325 e. The fourth-order valence-electron chi connectivity index (χ4n) is 2.38. The third-order valence-electron chi connectivity index (χ3n) is 3.36. The summed E-state index contributed by atoms with van der Waals surface area (Å²) in [6.07, 6.45) is 0.884. The summed E-state index contributed by atoms with van der Waals surface area (Å²) < 4.78 is 0. The fourth-order valence-corrected chi connectivity index (χ4v) is 2.38. The highest BCUT2D eigenvalue weighted by Crippen LogP contribution is 2.24. The lowest BCUT2D eigenvalue weighted by atomic mass is 9.96. The second-order valence-corrected chi connectivity index (χ2v) is 5.19. The molecule has 2 fully saturated rings. The Morgan fingerprint density at radius 2 is 1.94 bits per heavy atom. The van der Waals surface area contributed by atoms with Crippen molar-refractivity contribution in [2.24, 2.45) is 0 Å². The minimum atomic E-state index is -0.849. The topological polar surface area (TPSA) is 78.5 Å². The molecule has 0 aliphatic carbocycles. The van der Waals surface area contributed by atoms with Crippen molar-refractivity contribution < 1.29 is 14.4 Å². The summed E-state index contributed by atoms with van der Waals surface area (Å²) in [5, 5.41) is 5.41. The van der Waals surface area contributed by atoms with E-state index in [4.69, 9.17) is 0 Å².